The lowest BCUT2D eigenvalue weighted by atomic mass is 9.84. The summed E-state index contributed by atoms with van der Waals surface area (Å²) in [5.74, 6) is 1.07. The van der Waals surface area contributed by atoms with Crippen LogP contribution < -0.4 is 11.1 Å². The number of hydrogen-bond acceptors (Lipinski definition) is 6. The van der Waals surface area contributed by atoms with Gasteiger partial charge in [0, 0.05) is 5.75 Å². The molecule has 2 atom stereocenters. The molecule has 0 aliphatic heterocycles. The van der Waals surface area contributed by atoms with E-state index in [1.165, 1.54) is 0 Å². The van der Waals surface area contributed by atoms with Crippen LogP contribution in [0.25, 0.3) is 0 Å². The molecular weight excluding hydrogens is 268 g/mol. The van der Waals surface area contributed by atoms with Gasteiger partial charge in [0.25, 0.3) is 0 Å². The van der Waals surface area contributed by atoms with E-state index < -0.39 is 5.54 Å². The van der Waals surface area contributed by atoms with Crippen molar-refractivity contribution in [2.75, 3.05) is 12.8 Å². The highest BCUT2D eigenvalue weighted by molar-refractivity contribution is 8.00. The third-order valence-electron chi connectivity index (χ3n) is 3.74. The Balaban J connectivity index is 1.89. The van der Waals surface area contributed by atoms with Crippen LogP contribution in [0.2, 0.25) is 0 Å². The lowest BCUT2D eigenvalue weighted by Gasteiger charge is -2.32. The smallest absolute Gasteiger partial charge is 0.238 e. The highest BCUT2D eigenvalue weighted by Crippen LogP contribution is 2.38. The second kappa shape index (κ2) is 5.99. The molecule has 1 aliphatic carbocycles. The van der Waals surface area contributed by atoms with Crippen molar-refractivity contribution < 1.29 is 4.79 Å². The summed E-state index contributed by atoms with van der Waals surface area (Å²) in [5, 5.41) is 11.0. The largest absolute Gasteiger partial charge is 0.368 e. The minimum Gasteiger partial charge on any atom is -0.368 e. The number of nitrogens with one attached hydrogen (secondary N) is 1. The first-order valence-electron chi connectivity index (χ1n) is 6.07. The normalized spacial score (nSPS) is 27.5. The number of carbonyl (C=O) groups is 1. The van der Waals surface area contributed by atoms with Crippen molar-refractivity contribution in [1.82, 2.24) is 15.5 Å². The number of rotatable bonds is 6. The van der Waals surface area contributed by atoms with Gasteiger partial charge in [-0.05, 0) is 32.2 Å². The molecule has 2 rings (SSSR count). The number of carbonyl (C=O) groups excluding carboxylic acids is 1. The fourth-order valence-corrected chi connectivity index (χ4v) is 4.37. The molecule has 100 valence electrons. The molecule has 0 aromatic carbocycles. The molecule has 0 bridgehead atoms. The molecule has 1 aliphatic rings. The van der Waals surface area contributed by atoms with Gasteiger partial charge < -0.3 is 11.1 Å². The Kier molecular flexibility index (Phi) is 4.58. The van der Waals surface area contributed by atoms with E-state index in [1.807, 2.05) is 7.05 Å². The van der Waals surface area contributed by atoms with Gasteiger partial charge in [0.1, 0.15) is 11.0 Å². The Morgan fingerprint density at radius 3 is 3.22 bits per heavy atom. The van der Waals surface area contributed by atoms with Gasteiger partial charge in [0.05, 0.1) is 0 Å². The van der Waals surface area contributed by atoms with E-state index in [0.717, 1.165) is 35.8 Å². The van der Waals surface area contributed by atoms with Crippen molar-refractivity contribution in [3.63, 3.8) is 0 Å². The third kappa shape index (κ3) is 2.67. The number of hydrogen-bond donors (Lipinski definition) is 2. The van der Waals surface area contributed by atoms with Crippen LogP contribution in [0.1, 0.15) is 25.7 Å². The molecule has 2 unspecified atom stereocenters. The SMILES string of the molecule is CNC1(C(N)=O)CCCC1CCSc1nncs1. The van der Waals surface area contributed by atoms with E-state index >= 15 is 0 Å². The Morgan fingerprint density at radius 2 is 2.61 bits per heavy atom. The van der Waals surface area contributed by atoms with Gasteiger partial charge in [-0.25, -0.2) is 0 Å². The van der Waals surface area contributed by atoms with E-state index in [-0.39, 0.29) is 5.91 Å². The Labute approximate surface area is 115 Å². The van der Waals surface area contributed by atoms with Crippen LogP contribution in [0.4, 0.5) is 0 Å². The maximum Gasteiger partial charge on any atom is 0.238 e. The second-order valence-electron chi connectivity index (χ2n) is 4.52. The topological polar surface area (TPSA) is 80.9 Å². The van der Waals surface area contributed by atoms with E-state index in [2.05, 4.69) is 15.5 Å². The van der Waals surface area contributed by atoms with E-state index in [0.29, 0.717) is 5.92 Å². The Hall–Kier alpha value is -0.660. The number of aromatic nitrogens is 2. The molecule has 1 heterocycles. The first-order valence-corrected chi connectivity index (χ1v) is 7.93. The zero-order valence-electron chi connectivity index (χ0n) is 10.4. The van der Waals surface area contributed by atoms with Gasteiger partial charge in [0.15, 0.2) is 4.34 Å². The zero-order valence-corrected chi connectivity index (χ0v) is 12.0. The standard InChI is InChI=1S/C11H18N4OS2/c1-13-11(9(12)16)5-2-3-8(11)4-6-17-10-15-14-7-18-10/h7-8,13H,2-6H2,1H3,(H2,12,16). The van der Waals surface area contributed by atoms with Gasteiger partial charge in [-0.1, -0.05) is 29.5 Å². The fraction of sp³-hybridized carbons (Fsp3) is 0.727. The van der Waals surface area contributed by atoms with Crippen LogP contribution in [0, 0.1) is 5.92 Å². The second-order valence-corrected chi connectivity index (χ2v) is 6.69. The number of nitrogens with two attached hydrogens (primary N) is 1. The third-order valence-corrected chi connectivity index (χ3v) is 5.63. The maximum atomic E-state index is 11.7. The van der Waals surface area contributed by atoms with Gasteiger partial charge in [-0.2, -0.15) is 0 Å². The van der Waals surface area contributed by atoms with Crippen LogP contribution >= 0.6 is 23.1 Å². The van der Waals surface area contributed by atoms with E-state index in [4.69, 9.17) is 5.73 Å². The molecule has 5 nitrogen and oxygen atoms in total. The lowest BCUT2D eigenvalue weighted by molar-refractivity contribution is -0.125. The molecule has 1 aromatic heterocycles. The molecule has 1 fully saturated rings. The fourth-order valence-electron chi connectivity index (χ4n) is 2.76. The highest BCUT2D eigenvalue weighted by Gasteiger charge is 2.45. The monoisotopic (exact) mass is 286 g/mol. The lowest BCUT2D eigenvalue weighted by Crippen LogP contribution is -2.56. The summed E-state index contributed by atoms with van der Waals surface area (Å²) >= 11 is 3.25. The molecule has 1 saturated carbocycles. The summed E-state index contributed by atoms with van der Waals surface area (Å²) in [7, 11) is 1.83. The summed E-state index contributed by atoms with van der Waals surface area (Å²) in [6.07, 6.45) is 3.97. The summed E-state index contributed by atoms with van der Waals surface area (Å²) in [4.78, 5) is 11.7. The Morgan fingerprint density at radius 1 is 1.78 bits per heavy atom. The van der Waals surface area contributed by atoms with E-state index in [9.17, 15) is 4.79 Å². The van der Waals surface area contributed by atoms with Crippen LogP contribution in [0.15, 0.2) is 9.85 Å². The zero-order chi connectivity index (χ0) is 13.0. The summed E-state index contributed by atoms with van der Waals surface area (Å²) in [5.41, 5.74) is 6.81. The number of amides is 1. The summed E-state index contributed by atoms with van der Waals surface area (Å²) < 4.78 is 0.988. The summed E-state index contributed by atoms with van der Waals surface area (Å²) in [6.45, 7) is 0. The predicted molar refractivity (Wildman–Crippen MR) is 73.6 cm³/mol. The van der Waals surface area contributed by atoms with E-state index in [1.54, 1.807) is 28.6 Å². The minimum atomic E-state index is -0.498. The minimum absolute atomic E-state index is 0.214. The molecule has 1 amide bonds. The van der Waals surface area contributed by atoms with Crippen molar-refractivity contribution >= 4 is 29.0 Å². The molecular formula is C11H18N4OS2. The summed E-state index contributed by atoms with van der Waals surface area (Å²) in [6, 6.07) is 0. The molecule has 7 heteroatoms. The van der Waals surface area contributed by atoms with Crippen LogP contribution in [-0.4, -0.2) is 34.4 Å². The average molecular weight is 286 g/mol. The molecule has 1 aromatic rings. The molecule has 0 radical (unpaired) electrons. The van der Waals surface area contributed by atoms with Gasteiger partial charge >= 0.3 is 0 Å². The average Bonchev–Trinajstić information content (AvgIpc) is 2.98. The van der Waals surface area contributed by atoms with Gasteiger partial charge in [-0.3, -0.25) is 4.79 Å². The molecule has 0 spiro atoms. The van der Waals surface area contributed by atoms with Crippen molar-refractivity contribution in [2.45, 2.75) is 35.6 Å². The molecule has 18 heavy (non-hydrogen) atoms. The number of thioether (sulfide) groups is 1. The Bertz CT molecular complexity index is 398. The van der Waals surface area contributed by atoms with Crippen molar-refractivity contribution in [2.24, 2.45) is 11.7 Å². The van der Waals surface area contributed by atoms with Crippen LogP contribution in [0.5, 0.6) is 0 Å². The first-order chi connectivity index (χ1) is 8.69. The van der Waals surface area contributed by atoms with Crippen LogP contribution in [-0.2, 0) is 4.79 Å². The first kappa shape index (κ1) is 13.8. The number of likely N-dealkylation sites (N-methyl/N-ethyl adjacent to an activating group) is 1. The van der Waals surface area contributed by atoms with Gasteiger partial charge in [0.2, 0.25) is 5.91 Å². The van der Waals surface area contributed by atoms with Crippen molar-refractivity contribution in [3.8, 4) is 0 Å². The van der Waals surface area contributed by atoms with Crippen molar-refractivity contribution in [3.05, 3.63) is 5.51 Å². The molecule has 3 N–H and O–H groups in total. The number of nitrogens with zero attached hydrogens (tertiary/aromatic N) is 2. The van der Waals surface area contributed by atoms with Gasteiger partial charge in [-0.15, -0.1) is 10.2 Å². The van der Waals surface area contributed by atoms with Crippen molar-refractivity contribution in [1.29, 1.82) is 0 Å². The van der Waals surface area contributed by atoms with Crippen LogP contribution in [0.3, 0.4) is 0 Å². The maximum absolute atomic E-state index is 11.7. The molecule has 0 saturated heterocycles. The highest BCUT2D eigenvalue weighted by atomic mass is 32.2. The quantitative estimate of drug-likeness (QED) is 0.770. The number of primary amides is 1. The predicted octanol–water partition coefficient (Wildman–Crippen LogP) is 1.26.